The van der Waals surface area contributed by atoms with Gasteiger partial charge in [0, 0.05) is 6.42 Å². The summed E-state index contributed by atoms with van der Waals surface area (Å²) in [6.07, 6.45) is 2.30. The van der Waals surface area contributed by atoms with Crippen molar-refractivity contribution in [3.05, 3.63) is 64.7 Å². The number of anilines is 1. The molecule has 0 aliphatic rings. The SMILES string of the molecule is COc1ccccc1OCCOc1ccc(/C=C(/C#N)C(=O)Nc2nnc(CC(C)C)s2)cc1. The summed E-state index contributed by atoms with van der Waals surface area (Å²) in [5.41, 5.74) is 0.668. The highest BCUT2D eigenvalue weighted by Crippen LogP contribution is 2.25. The summed E-state index contributed by atoms with van der Waals surface area (Å²) in [6.45, 7) is 4.87. The number of nitriles is 1. The Morgan fingerprint density at radius 2 is 1.79 bits per heavy atom. The number of amides is 1. The van der Waals surface area contributed by atoms with Gasteiger partial charge in [-0.3, -0.25) is 10.1 Å². The van der Waals surface area contributed by atoms with Crippen LogP contribution in [-0.2, 0) is 11.2 Å². The molecule has 0 radical (unpaired) electrons. The normalized spacial score (nSPS) is 11.1. The van der Waals surface area contributed by atoms with Crippen LogP contribution in [0.4, 0.5) is 5.13 Å². The number of aromatic nitrogens is 2. The van der Waals surface area contributed by atoms with Gasteiger partial charge in [-0.05, 0) is 41.8 Å². The fourth-order valence-electron chi connectivity index (χ4n) is 2.93. The van der Waals surface area contributed by atoms with Gasteiger partial charge in [0.25, 0.3) is 5.91 Å². The molecule has 3 rings (SSSR count). The van der Waals surface area contributed by atoms with Crippen molar-refractivity contribution in [1.29, 1.82) is 5.26 Å². The zero-order chi connectivity index (χ0) is 24.3. The number of nitrogens with zero attached hydrogens (tertiary/aromatic N) is 3. The van der Waals surface area contributed by atoms with Gasteiger partial charge < -0.3 is 14.2 Å². The molecule has 1 heterocycles. The van der Waals surface area contributed by atoms with Crippen LogP contribution in [0.2, 0.25) is 0 Å². The van der Waals surface area contributed by atoms with Gasteiger partial charge in [-0.1, -0.05) is 49.4 Å². The molecular weight excluding hydrogens is 452 g/mol. The first kappa shape index (κ1) is 24.7. The van der Waals surface area contributed by atoms with E-state index in [9.17, 15) is 10.1 Å². The summed E-state index contributed by atoms with van der Waals surface area (Å²) in [6, 6.07) is 16.4. The van der Waals surface area contributed by atoms with Crippen molar-refractivity contribution in [2.24, 2.45) is 5.92 Å². The second-order valence-corrected chi connectivity index (χ2v) is 8.70. The van der Waals surface area contributed by atoms with E-state index in [1.165, 1.54) is 17.4 Å². The number of hydrogen-bond acceptors (Lipinski definition) is 8. The lowest BCUT2D eigenvalue weighted by molar-refractivity contribution is -0.112. The van der Waals surface area contributed by atoms with E-state index in [4.69, 9.17) is 14.2 Å². The maximum Gasteiger partial charge on any atom is 0.268 e. The molecular formula is C25H26N4O4S. The van der Waals surface area contributed by atoms with E-state index in [0.717, 1.165) is 11.4 Å². The van der Waals surface area contributed by atoms with Crippen molar-refractivity contribution >= 4 is 28.5 Å². The van der Waals surface area contributed by atoms with E-state index in [1.54, 1.807) is 31.4 Å². The molecule has 0 unspecified atom stereocenters. The Kier molecular flexibility index (Phi) is 9.00. The number of nitrogens with one attached hydrogen (secondary N) is 1. The predicted molar refractivity (Wildman–Crippen MR) is 131 cm³/mol. The maximum absolute atomic E-state index is 12.5. The molecule has 0 aliphatic heterocycles. The van der Waals surface area contributed by atoms with Crippen molar-refractivity contribution in [3.63, 3.8) is 0 Å². The lowest BCUT2D eigenvalue weighted by Gasteiger charge is -2.11. The van der Waals surface area contributed by atoms with Gasteiger partial charge in [-0.25, -0.2) is 0 Å². The van der Waals surface area contributed by atoms with Crippen LogP contribution in [0, 0.1) is 17.2 Å². The van der Waals surface area contributed by atoms with E-state index in [0.29, 0.717) is 47.1 Å². The minimum atomic E-state index is -0.524. The van der Waals surface area contributed by atoms with Crippen LogP contribution in [0.25, 0.3) is 6.08 Å². The van der Waals surface area contributed by atoms with Gasteiger partial charge >= 0.3 is 0 Å². The predicted octanol–water partition coefficient (Wildman–Crippen LogP) is 4.75. The summed E-state index contributed by atoms with van der Waals surface area (Å²) in [5, 5.41) is 21.3. The molecule has 0 aliphatic carbocycles. The molecule has 0 bridgehead atoms. The first-order chi connectivity index (χ1) is 16.5. The molecule has 0 saturated heterocycles. The number of hydrogen-bond donors (Lipinski definition) is 1. The molecule has 0 atom stereocenters. The Morgan fingerprint density at radius 1 is 1.09 bits per heavy atom. The molecule has 0 spiro atoms. The Bertz CT molecular complexity index is 1170. The third kappa shape index (κ3) is 7.32. The van der Waals surface area contributed by atoms with Crippen molar-refractivity contribution in [2.45, 2.75) is 20.3 Å². The lowest BCUT2D eigenvalue weighted by atomic mass is 10.1. The number of rotatable bonds is 11. The quantitative estimate of drug-likeness (QED) is 0.241. The Labute approximate surface area is 202 Å². The summed E-state index contributed by atoms with van der Waals surface area (Å²) in [5.74, 6) is 1.89. The number of para-hydroxylation sites is 2. The van der Waals surface area contributed by atoms with Gasteiger partial charge in [0.05, 0.1) is 7.11 Å². The summed E-state index contributed by atoms with van der Waals surface area (Å²) >= 11 is 1.31. The average molecular weight is 479 g/mol. The van der Waals surface area contributed by atoms with Crippen molar-refractivity contribution < 1.29 is 19.0 Å². The van der Waals surface area contributed by atoms with Crippen LogP contribution < -0.4 is 19.5 Å². The first-order valence-electron chi connectivity index (χ1n) is 10.7. The molecule has 176 valence electrons. The van der Waals surface area contributed by atoms with Crippen molar-refractivity contribution in [1.82, 2.24) is 10.2 Å². The number of ether oxygens (including phenoxy) is 3. The molecule has 3 aromatic rings. The third-order valence-electron chi connectivity index (χ3n) is 4.51. The molecule has 34 heavy (non-hydrogen) atoms. The molecule has 2 aromatic carbocycles. The fraction of sp³-hybridized carbons (Fsp3) is 0.280. The molecule has 9 heteroatoms. The van der Waals surface area contributed by atoms with Crippen LogP contribution in [0.15, 0.2) is 54.1 Å². The number of carbonyl (C=O) groups excluding carboxylic acids is 1. The number of carbonyl (C=O) groups is 1. The van der Waals surface area contributed by atoms with E-state index in [2.05, 4.69) is 29.4 Å². The van der Waals surface area contributed by atoms with Gasteiger partial charge in [-0.2, -0.15) is 5.26 Å². The fourth-order valence-corrected chi connectivity index (χ4v) is 3.87. The van der Waals surface area contributed by atoms with Crippen molar-refractivity contribution in [3.8, 4) is 23.3 Å². The van der Waals surface area contributed by atoms with Gasteiger partial charge in [-0.15, -0.1) is 10.2 Å². The Balaban J connectivity index is 1.52. The summed E-state index contributed by atoms with van der Waals surface area (Å²) in [4.78, 5) is 12.5. The smallest absolute Gasteiger partial charge is 0.268 e. The summed E-state index contributed by atoms with van der Waals surface area (Å²) in [7, 11) is 1.59. The summed E-state index contributed by atoms with van der Waals surface area (Å²) < 4.78 is 16.6. The minimum absolute atomic E-state index is 0.0283. The standard InChI is InChI=1S/C25H26N4O4S/c1-17(2)14-23-28-29-25(34-23)27-24(30)19(16-26)15-18-8-10-20(11-9-18)32-12-13-33-22-7-5-4-6-21(22)31-3/h4-11,15,17H,12-14H2,1-3H3,(H,27,29,30)/b19-15-. The van der Waals surface area contributed by atoms with Gasteiger partial charge in [0.1, 0.15) is 35.6 Å². The third-order valence-corrected chi connectivity index (χ3v) is 5.37. The average Bonchev–Trinajstić information content (AvgIpc) is 3.27. The highest BCUT2D eigenvalue weighted by atomic mass is 32.1. The topological polar surface area (TPSA) is 106 Å². The van der Waals surface area contributed by atoms with Crippen molar-refractivity contribution in [2.75, 3.05) is 25.6 Å². The second kappa shape index (κ2) is 12.4. The van der Waals surface area contributed by atoms with Crippen LogP contribution in [0.3, 0.4) is 0 Å². The van der Waals surface area contributed by atoms with Crippen LogP contribution >= 0.6 is 11.3 Å². The highest BCUT2D eigenvalue weighted by Gasteiger charge is 2.13. The second-order valence-electron chi connectivity index (χ2n) is 7.64. The molecule has 1 N–H and O–H groups in total. The molecule has 1 amide bonds. The van der Waals surface area contributed by atoms with E-state index < -0.39 is 5.91 Å². The van der Waals surface area contributed by atoms with E-state index >= 15 is 0 Å². The monoisotopic (exact) mass is 478 g/mol. The maximum atomic E-state index is 12.5. The number of benzene rings is 2. The van der Waals surface area contributed by atoms with Crippen LogP contribution in [-0.4, -0.2) is 36.4 Å². The zero-order valence-corrected chi connectivity index (χ0v) is 20.1. The molecule has 8 nitrogen and oxygen atoms in total. The van der Waals surface area contributed by atoms with Gasteiger partial charge in [0.15, 0.2) is 11.5 Å². The minimum Gasteiger partial charge on any atom is -0.493 e. The molecule has 0 saturated carbocycles. The van der Waals surface area contributed by atoms with E-state index in [-0.39, 0.29) is 5.57 Å². The van der Waals surface area contributed by atoms with Crippen LogP contribution in [0.5, 0.6) is 17.2 Å². The van der Waals surface area contributed by atoms with Gasteiger partial charge in [0.2, 0.25) is 5.13 Å². The largest absolute Gasteiger partial charge is 0.493 e. The molecule has 1 aromatic heterocycles. The first-order valence-corrected chi connectivity index (χ1v) is 11.5. The Hall–Kier alpha value is -3.90. The molecule has 0 fully saturated rings. The Morgan fingerprint density at radius 3 is 2.47 bits per heavy atom. The number of methoxy groups -OCH3 is 1. The van der Waals surface area contributed by atoms with E-state index in [1.807, 2.05) is 30.3 Å². The lowest BCUT2D eigenvalue weighted by Crippen LogP contribution is -2.13. The van der Waals surface area contributed by atoms with Crippen LogP contribution in [0.1, 0.15) is 24.4 Å². The zero-order valence-electron chi connectivity index (χ0n) is 19.3. The highest BCUT2D eigenvalue weighted by molar-refractivity contribution is 7.15.